The van der Waals surface area contributed by atoms with Crippen LogP contribution in [0.15, 0.2) is 41.6 Å². The summed E-state index contributed by atoms with van der Waals surface area (Å²) in [6, 6.07) is 11.3. The number of anilines is 1. The van der Waals surface area contributed by atoms with E-state index < -0.39 is 5.97 Å². The first-order valence-electron chi connectivity index (χ1n) is 10.1. The molecule has 0 saturated heterocycles. The summed E-state index contributed by atoms with van der Waals surface area (Å²) >= 11 is 2.28. The number of phenols is 1. The Kier molecular flexibility index (Phi) is 6.61. The van der Waals surface area contributed by atoms with Gasteiger partial charge in [0.25, 0.3) is 0 Å². The number of aromatic nitrogens is 4. The fourth-order valence-corrected chi connectivity index (χ4v) is 4.79. The van der Waals surface area contributed by atoms with Crippen molar-refractivity contribution < 1.29 is 19.4 Å². The molecule has 0 bridgehead atoms. The molecule has 9 nitrogen and oxygen atoms in total. The molecule has 0 aliphatic carbocycles. The number of phenolic OH excluding ortho intramolecular Hbond substituents is 1. The number of thiazole rings is 1. The van der Waals surface area contributed by atoms with Crippen LogP contribution < -0.4 is 5.32 Å². The van der Waals surface area contributed by atoms with Crippen molar-refractivity contribution in [1.82, 2.24) is 19.7 Å². The van der Waals surface area contributed by atoms with E-state index in [1.807, 2.05) is 30.3 Å². The van der Waals surface area contributed by atoms with E-state index in [4.69, 9.17) is 4.74 Å². The molecule has 2 N–H and O–H groups in total. The molecule has 0 unspecified atom stereocenters. The van der Waals surface area contributed by atoms with Gasteiger partial charge in [0, 0.05) is 7.05 Å². The Labute approximate surface area is 197 Å². The third-order valence-electron chi connectivity index (χ3n) is 4.78. The van der Waals surface area contributed by atoms with E-state index in [9.17, 15) is 14.7 Å². The molecule has 2 heterocycles. The maximum Gasteiger partial charge on any atom is 0.350 e. The molecular formula is C22H21N5O4S2. The van der Waals surface area contributed by atoms with E-state index in [0.717, 1.165) is 22.1 Å². The molecule has 2 aromatic heterocycles. The van der Waals surface area contributed by atoms with Crippen LogP contribution in [0.3, 0.4) is 0 Å². The molecular weight excluding hydrogens is 462 g/mol. The Bertz CT molecular complexity index is 1350. The number of esters is 1. The first kappa shape index (κ1) is 22.7. The molecule has 11 heteroatoms. The molecule has 1 amide bonds. The third kappa shape index (κ3) is 4.83. The SMILES string of the molecule is CCOC(=O)c1sc(NC(=O)CSc2nnc(-c3cc4ccccc4cc3O)n2C)nc1C. The number of carbonyl (C=O) groups excluding carboxylic acids is 2. The van der Waals surface area contributed by atoms with Gasteiger partial charge in [-0.1, -0.05) is 47.4 Å². The van der Waals surface area contributed by atoms with Crippen LogP contribution >= 0.6 is 23.1 Å². The van der Waals surface area contributed by atoms with Crippen molar-refractivity contribution in [2.24, 2.45) is 7.05 Å². The van der Waals surface area contributed by atoms with Crippen LogP contribution in [-0.4, -0.2) is 49.1 Å². The standard InChI is InChI=1S/C22H21N5O4S2/c1-4-31-20(30)18-12(2)23-21(33-18)24-17(29)11-32-22-26-25-19(27(22)3)15-9-13-7-5-6-8-14(13)10-16(15)28/h5-10,28H,4,11H2,1-3H3,(H,23,24,29). The summed E-state index contributed by atoms with van der Waals surface area (Å²) in [4.78, 5) is 28.9. The van der Waals surface area contributed by atoms with Gasteiger partial charge in [0.2, 0.25) is 5.91 Å². The second-order valence-electron chi connectivity index (χ2n) is 7.07. The van der Waals surface area contributed by atoms with Gasteiger partial charge in [-0.2, -0.15) is 0 Å². The van der Waals surface area contributed by atoms with E-state index in [-0.39, 0.29) is 24.0 Å². The normalized spacial score (nSPS) is 11.0. The molecule has 170 valence electrons. The number of fused-ring (bicyclic) bond motifs is 1. The van der Waals surface area contributed by atoms with Crippen molar-refractivity contribution in [3.8, 4) is 17.1 Å². The summed E-state index contributed by atoms with van der Waals surface area (Å²) in [6.45, 7) is 3.69. The van der Waals surface area contributed by atoms with Crippen LogP contribution in [0.4, 0.5) is 5.13 Å². The van der Waals surface area contributed by atoms with Crippen molar-refractivity contribution in [2.45, 2.75) is 19.0 Å². The highest BCUT2D eigenvalue weighted by Crippen LogP contribution is 2.33. The zero-order valence-corrected chi connectivity index (χ0v) is 19.8. The van der Waals surface area contributed by atoms with Crippen molar-refractivity contribution in [3.63, 3.8) is 0 Å². The van der Waals surface area contributed by atoms with Gasteiger partial charge in [0.1, 0.15) is 10.6 Å². The minimum Gasteiger partial charge on any atom is -0.507 e. The lowest BCUT2D eigenvalue weighted by molar-refractivity contribution is -0.113. The molecule has 0 saturated carbocycles. The topological polar surface area (TPSA) is 119 Å². The molecule has 0 aliphatic heterocycles. The summed E-state index contributed by atoms with van der Waals surface area (Å²) in [5, 5.41) is 24.3. The number of hydrogen-bond acceptors (Lipinski definition) is 9. The minimum absolute atomic E-state index is 0.0725. The van der Waals surface area contributed by atoms with Gasteiger partial charge in [-0.25, -0.2) is 9.78 Å². The average Bonchev–Trinajstić information content (AvgIpc) is 3.33. The number of aryl methyl sites for hydroxylation is 1. The van der Waals surface area contributed by atoms with E-state index in [0.29, 0.717) is 32.2 Å². The number of nitrogens with one attached hydrogen (secondary N) is 1. The zero-order chi connectivity index (χ0) is 23.5. The summed E-state index contributed by atoms with van der Waals surface area (Å²) < 4.78 is 6.73. The van der Waals surface area contributed by atoms with Crippen molar-refractivity contribution in [2.75, 3.05) is 17.7 Å². The van der Waals surface area contributed by atoms with Gasteiger partial charge in [-0.3, -0.25) is 4.79 Å². The third-order valence-corrected chi connectivity index (χ3v) is 6.85. The molecule has 4 aromatic rings. The Morgan fingerprint density at radius 1 is 1.21 bits per heavy atom. The maximum atomic E-state index is 12.4. The van der Waals surface area contributed by atoms with Gasteiger partial charge >= 0.3 is 5.97 Å². The maximum absolute atomic E-state index is 12.4. The first-order valence-corrected chi connectivity index (χ1v) is 11.9. The van der Waals surface area contributed by atoms with Crippen molar-refractivity contribution >= 4 is 50.9 Å². The Morgan fingerprint density at radius 2 is 1.94 bits per heavy atom. The molecule has 0 atom stereocenters. The van der Waals surface area contributed by atoms with Gasteiger partial charge in [-0.15, -0.1) is 10.2 Å². The number of nitrogens with zero attached hydrogens (tertiary/aromatic N) is 4. The largest absolute Gasteiger partial charge is 0.507 e. The molecule has 2 aromatic carbocycles. The highest BCUT2D eigenvalue weighted by Gasteiger charge is 2.19. The summed E-state index contributed by atoms with van der Waals surface area (Å²) in [5.41, 5.74) is 1.07. The summed E-state index contributed by atoms with van der Waals surface area (Å²) in [7, 11) is 1.78. The van der Waals surface area contributed by atoms with Gasteiger partial charge in [-0.05, 0) is 36.8 Å². The van der Waals surface area contributed by atoms with Crippen LogP contribution in [0.2, 0.25) is 0 Å². The average molecular weight is 484 g/mol. The Morgan fingerprint density at radius 3 is 2.67 bits per heavy atom. The number of rotatable bonds is 7. The number of ether oxygens (including phenoxy) is 1. The van der Waals surface area contributed by atoms with Crippen LogP contribution in [0.5, 0.6) is 5.75 Å². The van der Waals surface area contributed by atoms with E-state index in [2.05, 4.69) is 20.5 Å². The van der Waals surface area contributed by atoms with Crippen LogP contribution in [-0.2, 0) is 16.6 Å². The first-order chi connectivity index (χ1) is 15.9. The number of benzene rings is 2. The van der Waals surface area contributed by atoms with E-state index in [1.54, 1.807) is 31.5 Å². The predicted octanol–water partition coefficient (Wildman–Crippen LogP) is 4.01. The number of thioether (sulfide) groups is 1. The second kappa shape index (κ2) is 9.59. The summed E-state index contributed by atoms with van der Waals surface area (Å²) in [6.07, 6.45) is 0. The van der Waals surface area contributed by atoms with E-state index in [1.165, 1.54) is 11.8 Å². The predicted molar refractivity (Wildman–Crippen MR) is 128 cm³/mol. The van der Waals surface area contributed by atoms with Gasteiger partial charge in [0.15, 0.2) is 16.1 Å². The zero-order valence-electron chi connectivity index (χ0n) is 18.2. The minimum atomic E-state index is -0.453. The molecule has 0 spiro atoms. The number of carbonyl (C=O) groups is 2. The quantitative estimate of drug-likeness (QED) is 0.299. The molecule has 0 fully saturated rings. The smallest absolute Gasteiger partial charge is 0.350 e. The molecule has 0 radical (unpaired) electrons. The van der Waals surface area contributed by atoms with Crippen LogP contribution in [0.25, 0.3) is 22.2 Å². The van der Waals surface area contributed by atoms with Gasteiger partial charge < -0.3 is 19.7 Å². The lowest BCUT2D eigenvalue weighted by Crippen LogP contribution is -2.14. The Balaban J connectivity index is 1.44. The van der Waals surface area contributed by atoms with E-state index >= 15 is 0 Å². The highest BCUT2D eigenvalue weighted by molar-refractivity contribution is 7.99. The molecule has 4 rings (SSSR count). The lowest BCUT2D eigenvalue weighted by Gasteiger charge is -2.07. The number of hydrogen-bond donors (Lipinski definition) is 2. The number of aromatic hydroxyl groups is 1. The fraction of sp³-hybridized carbons (Fsp3) is 0.227. The fourth-order valence-electron chi connectivity index (χ4n) is 3.20. The second-order valence-corrected chi connectivity index (χ2v) is 9.01. The van der Waals surface area contributed by atoms with Gasteiger partial charge in [0.05, 0.1) is 23.6 Å². The summed E-state index contributed by atoms with van der Waals surface area (Å²) in [5.74, 6) is -0.0673. The number of amides is 1. The lowest BCUT2D eigenvalue weighted by atomic mass is 10.1. The van der Waals surface area contributed by atoms with Crippen molar-refractivity contribution in [1.29, 1.82) is 0 Å². The molecule has 0 aliphatic rings. The van der Waals surface area contributed by atoms with Crippen molar-refractivity contribution in [3.05, 3.63) is 47.0 Å². The molecule has 33 heavy (non-hydrogen) atoms. The monoisotopic (exact) mass is 483 g/mol. The highest BCUT2D eigenvalue weighted by atomic mass is 32.2. The Hall–Kier alpha value is -3.44. The van der Waals surface area contributed by atoms with Crippen LogP contribution in [0.1, 0.15) is 22.3 Å². The van der Waals surface area contributed by atoms with Crippen LogP contribution in [0, 0.1) is 6.92 Å².